The van der Waals surface area contributed by atoms with Crippen molar-refractivity contribution in [3.63, 3.8) is 0 Å². The molecule has 1 N–H and O–H groups in total. The third-order valence-corrected chi connectivity index (χ3v) is 2.66. The first-order valence-corrected chi connectivity index (χ1v) is 4.75. The van der Waals surface area contributed by atoms with Crippen LogP contribution < -0.4 is 5.32 Å². The van der Waals surface area contributed by atoms with Crippen LogP contribution in [0, 0.1) is 11.3 Å². The van der Waals surface area contributed by atoms with Crippen molar-refractivity contribution in [3.8, 4) is 6.07 Å². The molecule has 0 radical (unpaired) electrons. The van der Waals surface area contributed by atoms with E-state index in [0.29, 0.717) is 0 Å². The first-order chi connectivity index (χ1) is 6.62. The Morgan fingerprint density at radius 3 is 2.29 bits per heavy atom. The van der Waals surface area contributed by atoms with Crippen molar-refractivity contribution in [2.24, 2.45) is 0 Å². The van der Waals surface area contributed by atoms with E-state index < -0.39 is 0 Å². The van der Waals surface area contributed by atoms with Crippen LogP contribution >= 0.6 is 0 Å². The van der Waals surface area contributed by atoms with E-state index >= 15 is 0 Å². The lowest BCUT2D eigenvalue weighted by Gasteiger charge is -2.29. The fraction of sp³-hybridized carbons (Fsp3) is 0.417. The SMILES string of the molecule is CN[C@H](C#N)C(C)(C)c1ccccc1. The molecule has 0 aliphatic rings. The van der Waals surface area contributed by atoms with Gasteiger partial charge in [0.25, 0.3) is 0 Å². The molecular weight excluding hydrogens is 172 g/mol. The highest BCUT2D eigenvalue weighted by atomic mass is 14.9. The molecule has 0 heterocycles. The van der Waals surface area contributed by atoms with Crippen molar-refractivity contribution >= 4 is 0 Å². The van der Waals surface area contributed by atoms with E-state index in [-0.39, 0.29) is 11.5 Å². The molecule has 2 nitrogen and oxygen atoms in total. The number of nitriles is 1. The number of hydrogen-bond donors (Lipinski definition) is 1. The quantitative estimate of drug-likeness (QED) is 0.788. The second kappa shape index (κ2) is 4.26. The van der Waals surface area contributed by atoms with Gasteiger partial charge in [-0.05, 0) is 12.6 Å². The molecule has 0 aliphatic carbocycles. The molecule has 0 fully saturated rings. The number of nitrogens with zero attached hydrogens (tertiary/aromatic N) is 1. The predicted octanol–water partition coefficient (Wildman–Crippen LogP) is 2.08. The van der Waals surface area contributed by atoms with Crippen molar-refractivity contribution < 1.29 is 0 Å². The summed E-state index contributed by atoms with van der Waals surface area (Å²) in [6.07, 6.45) is 0. The molecular formula is C12H16N2. The smallest absolute Gasteiger partial charge is 0.104 e. The van der Waals surface area contributed by atoms with Gasteiger partial charge in [0.2, 0.25) is 0 Å². The molecule has 0 spiro atoms. The lowest BCUT2D eigenvalue weighted by atomic mass is 9.78. The van der Waals surface area contributed by atoms with Crippen LogP contribution in [0.1, 0.15) is 19.4 Å². The highest BCUT2D eigenvalue weighted by Gasteiger charge is 2.29. The van der Waals surface area contributed by atoms with Crippen LogP contribution in [-0.4, -0.2) is 13.1 Å². The second-order valence-electron chi connectivity index (χ2n) is 3.94. The fourth-order valence-corrected chi connectivity index (χ4v) is 1.62. The maximum atomic E-state index is 9.01. The first-order valence-electron chi connectivity index (χ1n) is 4.75. The van der Waals surface area contributed by atoms with Crippen LogP contribution in [0.3, 0.4) is 0 Å². The molecule has 0 saturated carbocycles. The molecule has 0 aliphatic heterocycles. The Morgan fingerprint density at radius 2 is 1.86 bits per heavy atom. The predicted molar refractivity (Wildman–Crippen MR) is 57.9 cm³/mol. The zero-order valence-electron chi connectivity index (χ0n) is 8.91. The first kappa shape index (κ1) is 10.7. The van der Waals surface area contributed by atoms with Gasteiger partial charge in [-0.3, -0.25) is 0 Å². The van der Waals surface area contributed by atoms with E-state index in [1.54, 1.807) is 0 Å². The van der Waals surface area contributed by atoms with Crippen molar-refractivity contribution in [1.29, 1.82) is 5.26 Å². The molecule has 74 valence electrons. The fourth-order valence-electron chi connectivity index (χ4n) is 1.62. The van der Waals surface area contributed by atoms with E-state index in [0.717, 1.165) is 0 Å². The highest BCUT2D eigenvalue weighted by molar-refractivity contribution is 5.28. The van der Waals surface area contributed by atoms with E-state index in [4.69, 9.17) is 5.26 Å². The maximum absolute atomic E-state index is 9.01. The Labute approximate surface area is 85.6 Å². The average molecular weight is 188 g/mol. The van der Waals surface area contributed by atoms with E-state index in [1.165, 1.54) is 5.56 Å². The largest absolute Gasteiger partial charge is 0.304 e. The summed E-state index contributed by atoms with van der Waals surface area (Å²) in [6.45, 7) is 4.15. The lowest BCUT2D eigenvalue weighted by molar-refractivity contribution is 0.423. The number of likely N-dealkylation sites (N-methyl/N-ethyl adjacent to an activating group) is 1. The maximum Gasteiger partial charge on any atom is 0.104 e. The number of hydrogen-bond acceptors (Lipinski definition) is 2. The van der Waals surface area contributed by atoms with Gasteiger partial charge in [-0.15, -0.1) is 0 Å². The number of nitrogens with one attached hydrogen (secondary N) is 1. The molecule has 2 heteroatoms. The number of rotatable bonds is 3. The topological polar surface area (TPSA) is 35.8 Å². The Kier molecular flexibility index (Phi) is 3.27. The van der Waals surface area contributed by atoms with Crippen LogP contribution in [0.5, 0.6) is 0 Å². The lowest BCUT2D eigenvalue weighted by Crippen LogP contribution is -2.41. The normalized spacial score (nSPS) is 13.3. The monoisotopic (exact) mass is 188 g/mol. The van der Waals surface area contributed by atoms with Gasteiger partial charge in [-0.25, -0.2) is 0 Å². The van der Waals surface area contributed by atoms with Gasteiger partial charge < -0.3 is 5.32 Å². The van der Waals surface area contributed by atoms with Crippen molar-refractivity contribution in [3.05, 3.63) is 35.9 Å². The molecule has 1 aromatic carbocycles. The van der Waals surface area contributed by atoms with Crippen LogP contribution in [0.4, 0.5) is 0 Å². The zero-order valence-corrected chi connectivity index (χ0v) is 8.91. The van der Waals surface area contributed by atoms with E-state index in [2.05, 4.69) is 37.4 Å². The van der Waals surface area contributed by atoms with Gasteiger partial charge in [-0.2, -0.15) is 5.26 Å². The summed E-state index contributed by atoms with van der Waals surface area (Å²) in [5, 5.41) is 12.0. The summed E-state index contributed by atoms with van der Waals surface area (Å²) in [5.41, 5.74) is 1.02. The van der Waals surface area contributed by atoms with Gasteiger partial charge in [0.05, 0.1) is 6.07 Å². The third-order valence-electron chi connectivity index (χ3n) is 2.66. The van der Waals surface area contributed by atoms with Crippen LogP contribution in [0.15, 0.2) is 30.3 Å². The minimum Gasteiger partial charge on any atom is -0.304 e. The average Bonchev–Trinajstić information content (AvgIpc) is 2.20. The Bertz CT molecular complexity index is 322. The van der Waals surface area contributed by atoms with Crippen LogP contribution in [0.25, 0.3) is 0 Å². The zero-order chi connectivity index (χ0) is 10.6. The van der Waals surface area contributed by atoms with Crippen molar-refractivity contribution in [1.82, 2.24) is 5.32 Å². The van der Waals surface area contributed by atoms with Gasteiger partial charge in [0, 0.05) is 5.41 Å². The van der Waals surface area contributed by atoms with Crippen LogP contribution in [0.2, 0.25) is 0 Å². The molecule has 0 bridgehead atoms. The molecule has 0 aromatic heterocycles. The summed E-state index contributed by atoms with van der Waals surface area (Å²) in [6, 6.07) is 12.2. The summed E-state index contributed by atoms with van der Waals surface area (Å²) >= 11 is 0. The Hall–Kier alpha value is -1.33. The molecule has 0 amide bonds. The van der Waals surface area contributed by atoms with Crippen LogP contribution in [-0.2, 0) is 5.41 Å². The number of benzene rings is 1. The minimum atomic E-state index is -0.162. The van der Waals surface area contributed by atoms with Gasteiger partial charge in [-0.1, -0.05) is 44.2 Å². The molecule has 14 heavy (non-hydrogen) atoms. The minimum absolute atomic E-state index is 0.162. The molecule has 0 unspecified atom stereocenters. The summed E-state index contributed by atoms with van der Waals surface area (Å²) in [4.78, 5) is 0. The van der Waals surface area contributed by atoms with Crippen molar-refractivity contribution in [2.75, 3.05) is 7.05 Å². The molecule has 1 aromatic rings. The molecule has 0 saturated heterocycles. The Morgan fingerprint density at radius 1 is 1.29 bits per heavy atom. The Balaban J connectivity index is 3.02. The standard InChI is InChI=1S/C12H16N2/c1-12(2,11(9-13)14-3)10-7-5-4-6-8-10/h4-8,11,14H,1-3H3/t11-/m1/s1. The van der Waals surface area contributed by atoms with Gasteiger partial charge in [0.15, 0.2) is 0 Å². The van der Waals surface area contributed by atoms with Gasteiger partial charge >= 0.3 is 0 Å². The van der Waals surface area contributed by atoms with E-state index in [1.807, 2.05) is 25.2 Å². The van der Waals surface area contributed by atoms with Crippen molar-refractivity contribution in [2.45, 2.75) is 25.3 Å². The second-order valence-corrected chi connectivity index (χ2v) is 3.94. The summed E-state index contributed by atoms with van der Waals surface area (Å²) in [7, 11) is 1.82. The van der Waals surface area contributed by atoms with E-state index in [9.17, 15) is 0 Å². The molecule has 1 atom stereocenters. The summed E-state index contributed by atoms with van der Waals surface area (Å²) < 4.78 is 0. The molecule has 1 rings (SSSR count). The van der Waals surface area contributed by atoms with Gasteiger partial charge in [0.1, 0.15) is 6.04 Å². The summed E-state index contributed by atoms with van der Waals surface area (Å²) in [5.74, 6) is 0. The third kappa shape index (κ3) is 1.94. The highest BCUT2D eigenvalue weighted by Crippen LogP contribution is 2.26.